The molecule has 0 saturated heterocycles. The molecule has 0 aromatic carbocycles. The molecule has 0 rings (SSSR count). The Hall–Kier alpha value is -1.66. The molecule has 2 unspecified atom stereocenters. The minimum absolute atomic E-state index is 0.0161. The zero-order valence-electron chi connectivity index (χ0n) is 44.4. The quantitative estimate of drug-likeness (QED) is 0.0321. The summed E-state index contributed by atoms with van der Waals surface area (Å²) >= 11 is 0. The van der Waals surface area contributed by atoms with Gasteiger partial charge in [0.1, 0.15) is 0 Å². The van der Waals surface area contributed by atoms with Crippen LogP contribution < -0.4 is 5.32 Å². The Kier molecular flexibility index (Phi) is 54.5. The van der Waals surface area contributed by atoms with Crippen molar-refractivity contribution in [3.05, 3.63) is 24.3 Å². The standard InChI is InChI=1S/C60H115NO5/c1-3-5-7-9-11-13-15-17-19-20-21-22-23-24-25-28-32-36-40-44-48-52-58(63)57(56-62)61-59(64)53-49-45-41-37-33-29-26-27-31-35-39-43-47-51-55-66-60(65)54-50-46-42-38-34-30-18-16-14-12-10-8-6-4-2/h10,12,16,18,57-58,62-63H,3-9,11,13-15,17,19-56H2,1-2H3,(H,61,64)/b12-10-,18-16-. The molecule has 0 spiro atoms. The van der Waals surface area contributed by atoms with E-state index in [0.717, 1.165) is 57.8 Å². The van der Waals surface area contributed by atoms with E-state index >= 15 is 0 Å². The molecule has 0 aliphatic heterocycles. The summed E-state index contributed by atoms with van der Waals surface area (Å²) in [4.78, 5) is 24.5. The average Bonchev–Trinajstić information content (AvgIpc) is 3.32. The first-order chi connectivity index (χ1) is 32.5. The van der Waals surface area contributed by atoms with Crippen molar-refractivity contribution in [1.29, 1.82) is 0 Å². The van der Waals surface area contributed by atoms with Crippen LogP contribution >= 0.6 is 0 Å². The van der Waals surface area contributed by atoms with Gasteiger partial charge >= 0.3 is 5.97 Å². The van der Waals surface area contributed by atoms with E-state index in [0.29, 0.717) is 25.9 Å². The molecule has 1 amide bonds. The third-order valence-corrected chi connectivity index (χ3v) is 13.8. The van der Waals surface area contributed by atoms with Gasteiger partial charge in [-0.05, 0) is 51.4 Å². The molecule has 2 atom stereocenters. The van der Waals surface area contributed by atoms with Gasteiger partial charge in [-0.25, -0.2) is 0 Å². The van der Waals surface area contributed by atoms with Gasteiger partial charge < -0.3 is 20.3 Å². The van der Waals surface area contributed by atoms with Gasteiger partial charge in [0.2, 0.25) is 5.91 Å². The van der Waals surface area contributed by atoms with Crippen LogP contribution in [-0.4, -0.2) is 47.4 Å². The van der Waals surface area contributed by atoms with Crippen molar-refractivity contribution in [2.75, 3.05) is 13.2 Å². The van der Waals surface area contributed by atoms with Crippen LogP contribution in [0.3, 0.4) is 0 Å². The zero-order chi connectivity index (χ0) is 47.9. The van der Waals surface area contributed by atoms with E-state index in [2.05, 4.69) is 43.5 Å². The second-order valence-corrected chi connectivity index (χ2v) is 20.3. The van der Waals surface area contributed by atoms with Crippen LogP contribution in [0.25, 0.3) is 0 Å². The minimum Gasteiger partial charge on any atom is -0.466 e. The van der Waals surface area contributed by atoms with Crippen LogP contribution in [0.4, 0.5) is 0 Å². The fourth-order valence-electron chi connectivity index (χ4n) is 9.19. The third kappa shape index (κ3) is 51.7. The molecular formula is C60H115NO5. The topological polar surface area (TPSA) is 95.9 Å². The molecule has 0 aromatic heterocycles. The Morgan fingerprint density at radius 1 is 0.424 bits per heavy atom. The lowest BCUT2D eigenvalue weighted by Crippen LogP contribution is -2.45. The number of aliphatic hydroxyl groups is 2. The van der Waals surface area contributed by atoms with Crippen LogP contribution in [0.5, 0.6) is 0 Å². The highest BCUT2D eigenvalue weighted by atomic mass is 16.5. The van der Waals surface area contributed by atoms with Gasteiger partial charge in [-0.15, -0.1) is 0 Å². The van der Waals surface area contributed by atoms with E-state index in [-0.39, 0.29) is 18.5 Å². The number of amides is 1. The third-order valence-electron chi connectivity index (χ3n) is 13.8. The first-order valence-electron chi connectivity index (χ1n) is 29.6. The van der Waals surface area contributed by atoms with Crippen LogP contribution in [0, 0.1) is 0 Å². The highest BCUT2D eigenvalue weighted by Crippen LogP contribution is 2.18. The molecule has 0 heterocycles. The molecule has 0 aromatic rings. The van der Waals surface area contributed by atoms with Gasteiger partial charge in [0.15, 0.2) is 0 Å². The predicted molar refractivity (Wildman–Crippen MR) is 287 cm³/mol. The van der Waals surface area contributed by atoms with E-state index in [9.17, 15) is 19.8 Å². The molecule has 66 heavy (non-hydrogen) atoms. The lowest BCUT2D eigenvalue weighted by atomic mass is 10.0. The molecule has 390 valence electrons. The summed E-state index contributed by atoms with van der Waals surface area (Å²) in [6.07, 6.45) is 67.4. The Bertz CT molecular complexity index is 1030. The molecule has 0 aliphatic carbocycles. The Morgan fingerprint density at radius 2 is 0.773 bits per heavy atom. The van der Waals surface area contributed by atoms with Crippen molar-refractivity contribution in [3.63, 3.8) is 0 Å². The van der Waals surface area contributed by atoms with Gasteiger partial charge in [-0.1, -0.05) is 282 Å². The number of hydrogen-bond donors (Lipinski definition) is 3. The lowest BCUT2D eigenvalue weighted by Gasteiger charge is -2.22. The fourth-order valence-corrected chi connectivity index (χ4v) is 9.19. The minimum atomic E-state index is -0.673. The number of hydrogen-bond acceptors (Lipinski definition) is 5. The van der Waals surface area contributed by atoms with Crippen LogP contribution in [0.15, 0.2) is 24.3 Å². The fraction of sp³-hybridized carbons (Fsp3) is 0.900. The second kappa shape index (κ2) is 55.9. The number of ether oxygens (including phenoxy) is 1. The van der Waals surface area contributed by atoms with Crippen LogP contribution in [0.2, 0.25) is 0 Å². The number of rotatable bonds is 55. The summed E-state index contributed by atoms with van der Waals surface area (Å²) in [7, 11) is 0. The molecule has 0 saturated carbocycles. The van der Waals surface area contributed by atoms with Crippen LogP contribution in [0.1, 0.15) is 322 Å². The number of aliphatic hydroxyl groups excluding tert-OH is 2. The molecular weight excluding hydrogens is 815 g/mol. The Labute approximate surface area is 411 Å². The van der Waals surface area contributed by atoms with E-state index in [1.54, 1.807) is 0 Å². The maximum absolute atomic E-state index is 12.5. The molecule has 3 N–H and O–H groups in total. The predicted octanol–water partition coefficient (Wildman–Crippen LogP) is 18.2. The van der Waals surface area contributed by atoms with E-state index < -0.39 is 12.1 Å². The zero-order valence-corrected chi connectivity index (χ0v) is 44.4. The summed E-state index contributed by atoms with van der Waals surface area (Å²) in [5, 5.41) is 23.3. The van der Waals surface area contributed by atoms with Gasteiger partial charge in [-0.3, -0.25) is 9.59 Å². The molecule has 0 bridgehead atoms. The number of nitrogens with one attached hydrogen (secondary N) is 1. The van der Waals surface area contributed by atoms with Crippen LogP contribution in [-0.2, 0) is 14.3 Å². The van der Waals surface area contributed by atoms with E-state index in [4.69, 9.17) is 4.74 Å². The SMILES string of the molecule is CCCC/C=C\C/C=C\CCCCCCCC(=O)OCCCCCCCCCCCCCCCCC(=O)NC(CO)C(O)CCCCCCCCCCCCCCCCCCCCCCC. The van der Waals surface area contributed by atoms with E-state index in [1.165, 1.54) is 231 Å². The number of esters is 1. The first-order valence-corrected chi connectivity index (χ1v) is 29.6. The Morgan fingerprint density at radius 3 is 1.20 bits per heavy atom. The number of allylic oxidation sites excluding steroid dienone is 4. The highest BCUT2D eigenvalue weighted by molar-refractivity contribution is 5.76. The van der Waals surface area contributed by atoms with Gasteiger partial charge in [0.05, 0.1) is 25.4 Å². The van der Waals surface area contributed by atoms with Gasteiger partial charge in [0.25, 0.3) is 0 Å². The number of carbonyl (C=O) groups excluding carboxylic acids is 2. The molecule has 6 heteroatoms. The number of carbonyl (C=O) groups is 2. The van der Waals surface area contributed by atoms with Crippen molar-refractivity contribution in [1.82, 2.24) is 5.32 Å². The average molecular weight is 931 g/mol. The van der Waals surface area contributed by atoms with Crippen molar-refractivity contribution >= 4 is 11.9 Å². The van der Waals surface area contributed by atoms with Gasteiger partial charge in [-0.2, -0.15) is 0 Å². The van der Waals surface area contributed by atoms with Crippen molar-refractivity contribution in [2.24, 2.45) is 0 Å². The summed E-state index contributed by atoms with van der Waals surface area (Å²) in [5.41, 5.74) is 0. The van der Waals surface area contributed by atoms with Crippen molar-refractivity contribution in [2.45, 2.75) is 334 Å². The van der Waals surface area contributed by atoms with Crippen molar-refractivity contribution in [3.8, 4) is 0 Å². The summed E-state index contributed by atoms with van der Waals surface area (Å²) < 4.78 is 5.46. The smallest absolute Gasteiger partial charge is 0.305 e. The summed E-state index contributed by atoms with van der Waals surface area (Å²) in [6, 6.07) is -0.551. The van der Waals surface area contributed by atoms with Crippen molar-refractivity contribution < 1.29 is 24.5 Å². The normalized spacial score (nSPS) is 12.7. The first kappa shape index (κ1) is 64.3. The summed E-state index contributed by atoms with van der Waals surface area (Å²) in [5.74, 6) is -0.0593. The molecule has 0 radical (unpaired) electrons. The number of unbranched alkanes of at least 4 members (excludes halogenated alkanes) is 40. The maximum atomic E-state index is 12.5. The summed E-state index contributed by atoms with van der Waals surface area (Å²) in [6.45, 7) is 4.90. The van der Waals surface area contributed by atoms with E-state index in [1.807, 2.05) is 0 Å². The Balaban J connectivity index is 3.45. The highest BCUT2D eigenvalue weighted by Gasteiger charge is 2.20. The largest absolute Gasteiger partial charge is 0.466 e. The van der Waals surface area contributed by atoms with Gasteiger partial charge in [0, 0.05) is 12.8 Å². The molecule has 6 nitrogen and oxygen atoms in total. The second-order valence-electron chi connectivity index (χ2n) is 20.3. The lowest BCUT2D eigenvalue weighted by molar-refractivity contribution is -0.143. The molecule has 0 fully saturated rings. The monoisotopic (exact) mass is 930 g/mol. The maximum Gasteiger partial charge on any atom is 0.305 e. The molecule has 0 aliphatic rings.